The van der Waals surface area contributed by atoms with Gasteiger partial charge >= 0.3 is 6.03 Å². The van der Waals surface area contributed by atoms with Crippen molar-refractivity contribution in [2.24, 2.45) is 5.92 Å². The third-order valence-electron chi connectivity index (χ3n) is 3.48. The number of amides is 2. The summed E-state index contributed by atoms with van der Waals surface area (Å²) in [6.07, 6.45) is 1.09. The van der Waals surface area contributed by atoms with E-state index in [0.29, 0.717) is 30.7 Å². The van der Waals surface area contributed by atoms with Crippen LogP contribution in [0.1, 0.15) is 19.1 Å². The van der Waals surface area contributed by atoms with Crippen molar-refractivity contribution in [3.63, 3.8) is 0 Å². The van der Waals surface area contributed by atoms with Gasteiger partial charge in [-0.15, -0.1) is 0 Å². The minimum Gasteiger partial charge on any atom is -0.454 e. The number of aliphatic hydroxyl groups excluding tert-OH is 1. The molecule has 1 aliphatic rings. The summed E-state index contributed by atoms with van der Waals surface area (Å²) in [7, 11) is 0. The molecular weight excluding hydrogens is 312 g/mol. The zero-order valence-electron chi connectivity index (χ0n) is 10.9. The average Bonchev–Trinajstić information content (AvgIpc) is 2.78. The number of aliphatic hydroxyl groups is 1. The van der Waals surface area contributed by atoms with E-state index in [4.69, 9.17) is 4.42 Å². The summed E-state index contributed by atoms with van der Waals surface area (Å²) in [4.78, 5) is 13.6. The van der Waals surface area contributed by atoms with Crippen LogP contribution in [0.25, 0.3) is 0 Å². The number of hydrogen-bond acceptors (Lipinski definition) is 3. The third-order valence-corrected chi connectivity index (χ3v) is 3.91. The fourth-order valence-corrected chi connectivity index (χ4v) is 2.46. The second-order valence-electron chi connectivity index (χ2n) is 4.97. The highest BCUT2D eigenvalue weighted by molar-refractivity contribution is 9.10. The number of halogens is 1. The van der Waals surface area contributed by atoms with Crippen molar-refractivity contribution in [2.45, 2.75) is 25.9 Å². The maximum absolute atomic E-state index is 11.9. The van der Waals surface area contributed by atoms with Crippen LogP contribution in [0.4, 0.5) is 4.79 Å². The maximum atomic E-state index is 11.9. The van der Waals surface area contributed by atoms with Gasteiger partial charge in [0.15, 0.2) is 4.67 Å². The van der Waals surface area contributed by atoms with Gasteiger partial charge in [0.2, 0.25) is 0 Å². The number of urea groups is 1. The van der Waals surface area contributed by atoms with Crippen LogP contribution in [0.3, 0.4) is 0 Å². The summed E-state index contributed by atoms with van der Waals surface area (Å²) in [5.74, 6) is 1.10. The third kappa shape index (κ3) is 3.98. The van der Waals surface area contributed by atoms with Crippen LogP contribution in [0.2, 0.25) is 0 Å². The Kier molecular flexibility index (Phi) is 4.87. The van der Waals surface area contributed by atoms with E-state index in [9.17, 15) is 9.90 Å². The summed E-state index contributed by atoms with van der Waals surface area (Å²) in [5, 5.41) is 12.6. The molecule has 1 aromatic heterocycles. The van der Waals surface area contributed by atoms with Gasteiger partial charge in [0.25, 0.3) is 0 Å². The standard InChI is InChI=1S/C13H19BrN2O3/c1-9-5-7-16(8-11(9)17)13(18)15-6-4-10-2-3-12(14)19-10/h2-3,9,11,17H,4-8H2,1H3,(H,15,18). The number of nitrogens with zero attached hydrogens (tertiary/aromatic N) is 1. The van der Waals surface area contributed by atoms with Crippen LogP contribution in [0.5, 0.6) is 0 Å². The zero-order valence-corrected chi connectivity index (χ0v) is 12.5. The lowest BCUT2D eigenvalue weighted by Gasteiger charge is -2.34. The van der Waals surface area contributed by atoms with E-state index in [2.05, 4.69) is 21.2 Å². The average molecular weight is 331 g/mol. The number of likely N-dealkylation sites (tertiary alicyclic amines) is 1. The zero-order chi connectivity index (χ0) is 13.8. The number of piperidine rings is 1. The molecule has 2 rings (SSSR count). The Balaban J connectivity index is 1.72. The summed E-state index contributed by atoms with van der Waals surface area (Å²) >= 11 is 3.24. The molecule has 0 saturated carbocycles. The number of hydrogen-bond donors (Lipinski definition) is 2. The number of carbonyl (C=O) groups excluding carboxylic acids is 1. The monoisotopic (exact) mass is 330 g/mol. The van der Waals surface area contributed by atoms with Crippen LogP contribution in [-0.2, 0) is 6.42 Å². The molecule has 2 amide bonds. The van der Waals surface area contributed by atoms with Gasteiger partial charge in [-0.3, -0.25) is 0 Å². The quantitative estimate of drug-likeness (QED) is 0.890. The number of carbonyl (C=O) groups is 1. The van der Waals surface area contributed by atoms with Crippen molar-refractivity contribution in [2.75, 3.05) is 19.6 Å². The number of rotatable bonds is 3. The molecule has 1 aromatic rings. The minimum atomic E-state index is -0.416. The summed E-state index contributed by atoms with van der Waals surface area (Å²) in [6, 6.07) is 3.60. The maximum Gasteiger partial charge on any atom is 0.317 e. The first-order valence-corrected chi connectivity index (χ1v) is 7.30. The lowest BCUT2D eigenvalue weighted by atomic mass is 9.96. The molecule has 1 saturated heterocycles. The fraction of sp³-hybridized carbons (Fsp3) is 0.615. The lowest BCUT2D eigenvalue weighted by Crippen LogP contribution is -2.49. The number of furan rings is 1. The molecule has 2 unspecified atom stereocenters. The van der Waals surface area contributed by atoms with Gasteiger partial charge in [-0.2, -0.15) is 0 Å². The smallest absolute Gasteiger partial charge is 0.317 e. The summed E-state index contributed by atoms with van der Waals surface area (Å²) in [5.41, 5.74) is 0. The van der Waals surface area contributed by atoms with Crippen molar-refractivity contribution in [3.05, 3.63) is 22.6 Å². The van der Waals surface area contributed by atoms with Gasteiger partial charge in [0, 0.05) is 26.1 Å². The summed E-state index contributed by atoms with van der Waals surface area (Å²) < 4.78 is 6.05. The molecule has 0 radical (unpaired) electrons. The van der Waals surface area contributed by atoms with Crippen LogP contribution in [0, 0.1) is 5.92 Å². The van der Waals surface area contributed by atoms with Crippen LogP contribution < -0.4 is 5.32 Å². The van der Waals surface area contributed by atoms with E-state index < -0.39 is 6.10 Å². The van der Waals surface area contributed by atoms with Crippen LogP contribution >= 0.6 is 15.9 Å². The number of β-amino-alcohol motifs (C(OH)–C–C–N with tert-alkyl or cyclic N) is 1. The molecule has 1 fully saturated rings. The Morgan fingerprint density at radius 1 is 1.63 bits per heavy atom. The molecule has 0 aromatic carbocycles. The van der Waals surface area contributed by atoms with Gasteiger partial charge in [-0.05, 0) is 40.4 Å². The summed E-state index contributed by atoms with van der Waals surface area (Å²) in [6.45, 7) is 3.66. The van der Waals surface area contributed by atoms with Gasteiger partial charge in [0.05, 0.1) is 6.10 Å². The van der Waals surface area contributed by atoms with E-state index in [1.165, 1.54) is 0 Å². The predicted octanol–water partition coefficient (Wildman–Crippen LogP) is 2.00. The Labute approximate surface area is 121 Å². The highest BCUT2D eigenvalue weighted by Crippen LogP contribution is 2.17. The number of nitrogens with one attached hydrogen (secondary N) is 1. The molecule has 0 aliphatic carbocycles. The van der Waals surface area contributed by atoms with Crippen molar-refractivity contribution in [1.82, 2.24) is 10.2 Å². The first-order chi connectivity index (χ1) is 9.06. The van der Waals surface area contributed by atoms with Gasteiger partial charge in [-0.25, -0.2) is 4.79 Å². The second-order valence-corrected chi connectivity index (χ2v) is 5.75. The van der Waals surface area contributed by atoms with Gasteiger partial charge < -0.3 is 19.7 Å². The molecule has 19 heavy (non-hydrogen) atoms. The molecule has 2 heterocycles. The first-order valence-electron chi connectivity index (χ1n) is 6.51. The van der Waals surface area contributed by atoms with Crippen LogP contribution in [-0.4, -0.2) is 41.8 Å². The normalized spacial score (nSPS) is 23.4. The van der Waals surface area contributed by atoms with E-state index in [1.54, 1.807) is 4.90 Å². The van der Waals surface area contributed by atoms with Gasteiger partial charge in [-0.1, -0.05) is 6.92 Å². The van der Waals surface area contributed by atoms with Crippen molar-refractivity contribution < 1.29 is 14.3 Å². The SMILES string of the molecule is CC1CCN(C(=O)NCCc2ccc(Br)o2)CC1O. The first kappa shape index (κ1) is 14.4. The second kappa shape index (κ2) is 6.43. The Hall–Kier alpha value is -1.01. The van der Waals surface area contributed by atoms with Gasteiger partial charge in [0.1, 0.15) is 5.76 Å². The predicted molar refractivity (Wildman–Crippen MR) is 74.9 cm³/mol. The molecule has 2 atom stereocenters. The topological polar surface area (TPSA) is 65.7 Å². The Morgan fingerprint density at radius 3 is 3.05 bits per heavy atom. The van der Waals surface area contributed by atoms with Crippen molar-refractivity contribution in [1.29, 1.82) is 0 Å². The molecular formula is C13H19BrN2O3. The molecule has 0 spiro atoms. The fourth-order valence-electron chi connectivity index (χ4n) is 2.12. The molecule has 1 aliphatic heterocycles. The van der Waals surface area contributed by atoms with Crippen LogP contribution in [0.15, 0.2) is 21.2 Å². The molecule has 6 heteroatoms. The van der Waals surface area contributed by atoms with E-state index in [-0.39, 0.29) is 11.9 Å². The Bertz CT molecular complexity index is 435. The van der Waals surface area contributed by atoms with E-state index >= 15 is 0 Å². The molecule has 0 bridgehead atoms. The molecule has 2 N–H and O–H groups in total. The molecule has 5 nitrogen and oxygen atoms in total. The highest BCUT2D eigenvalue weighted by Gasteiger charge is 2.26. The van der Waals surface area contributed by atoms with Crippen molar-refractivity contribution >= 4 is 22.0 Å². The van der Waals surface area contributed by atoms with E-state index in [1.807, 2.05) is 19.1 Å². The Morgan fingerprint density at radius 2 is 2.42 bits per heavy atom. The largest absolute Gasteiger partial charge is 0.454 e. The highest BCUT2D eigenvalue weighted by atomic mass is 79.9. The lowest BCUT2D eigenvalue weighted by molar-refractivity contribution is 0.0436. The minimum absolute atomic E-state index is 0.114. The van der Waals surface area contributed by atoms with E-state index in [0.717, 1.165) is 12.2 Å². The molecule has 106 valence electrons. The van der Waals surface area contributed by atoms with Crippen molar-refractivity contribution in [3.8, 4) is 0 Å².